The van der Waals surface area contributed by atoms with E-state index in [1.165, 1.54) is 4.90 Å². The Morgan fingerprint density at radius 2 is 1.71 bits per heavy atom. The standard InChI is InChI=1S/C23H30N2O5S/c1-3-30-23(28)12-11-21(26)24(13-14-29-2)18-22(27)25(17-20-10-7-15-31-20)16-19-8-5-4-6-9-19/h4-10,15H,3,11-14,16-18H2,1-2H3. The van der Waals surface area contributed by atoms with Crippen LogP contribution >= 0.6 is 11.3 Å². The van der Waals surface area contributed by atoms with Crippen molar-refractivity contribution in [3.63, 3.8) is 0 Å². The van der Waals surface area contributed by atoms with Gasteiger partial charge in [0.2, 0.25) is 11.8 Å². The maximum absolute atomic E-state index is 13.2. The van der Waals surface area contributed by atoms with Crippen molar-refractivity contribution in [2.45, 2.75) is 32.9 Å². The molecule has 0 unspecified atom stereocenters. The van der Waals surface area contributed by atoms with Crippen molar-refractivity contribution in [3.05, 3.63) is 58.3 Å². The summed E-state index contributed by atoms with van der Waals surface area (Å²) in [5.74, 6) is -0.843. The van der Waals surface area contributed by atoms with Crippen molar-refractivity contribution in [3.8, 4) is 0 Å². The van der Waals surface area contributed by atoms with Crippen LogP contribution in [0.25, 0.3) is 0 Å². The molecule has 0 saturated heterocycles. The first-order chi connectivity index (χ1) is 15.0. The molecule has 0 aliphatic heterocycles. The van der Waals surface area contributed by atoms with Crippen LogP contribution in [0.1, 0.15) is 30.2 Å². The van der Waals surface area contributed by atoms with Gasteiger partial charge in [-0.3, -0.25) is 14.4 Å². The van der Waals surface area contributed by atoms with Gasteiger partial charge in [-0.1, -0.05) is 36.4 Å². The van der Waals surface area contributed by atoms with Gasteiger partial charge in [0.25, 0.3) is 0 Å². The molecule has 7 nitrogen and oxygen atoms in total. The Hall–Kier alpha value is -2.71. The lowest BCUT2D eigenvalue weighted by atomic mass is 10.2. The summed E-state index contributed by atoms with van der Waals surface area (Å²) in [6.45, 7) is 3.44. The molecule has 0 saturated carbocycles. The number of nitrogens with zero attached hydrogens (tertiary/aromatic N) is 2. The van der Waals surface area contributed by atoms with Crippen molar-refractivity contribution in [2.24, 2.45) is 0 Å². The zero-order chi connectivity index (χ0) is 22.5. The highest BCUT2D eigenvalue weighted by Crippen LogP contribution is 2.15. The van der Waals surface area contributed by atoms with Crippen LogP contribution in [-0.4, -0.2) is 61.0 Å². The molecular weight excluding hydrogens is 416 g/mol. The predicted molar refractivity (Wildman–Crippen MR) is 119 cm³/mol. The van der Waals surface area contributed by atoms with Crippen LogP contribution in [0, 0.1) is 0 Å². The summed E-state index contributed by atoms with van der Waals surface area (Å²) in [4.78, 5) is 41.8. The molecule has 31 heavy (non-hydrogen) atoms. The first-order valence-corrected chi connectivity index (χ1v) is 11.2. The maximum atomic E-state index is 13.2. The van der Waals surface area contributed by atoms with Crippen LogP contribution in [0.15, 0.2) is 47.8 Å². The molecule has 0 fully saturated rings. The Bertz CT molecular complexity index is 811. The normalized spacial score (nSPS) is 10.5. The minimum Gasteiger partial charge on any atom is -0.466 e. The van der Waals surface area contributed by atoms with Crippen LogP contribution in [0.5, 0.6) is 0 Å². The average molecular weight is 447 g/mol. The lowest BCUT2D eigenvalue weighted by molar-refractivity contribution is -0.146. The molecule has 2 amide bonds. The molecule has 0 radical (unpaired) electrons. The van der Waals surface area contributed by atoms with Gasteiger partial charge < -0.3 is 19.3 Å². The highest BCUT2D eigenvalue weighted by molar-refractivity contribution is 7.09. The van der Waals surface area contributed by atoms with Crippen LogP contribution in [-0.2, 0) is 36.9 Å². The van der Waals surface area contributed by atoms with Crippen molar-refractivity contribution in [1.29, 1.82) is 0 Å². The van der Waals surface area contributed by atoms with Crippen molar-refractivity contribution in [2.75, 3.05) is 33.4 Å². The fourth-order valence-corrected chi connectivity index (χ4v) is 3.70. The lowest BCUT2D eigenvalue weighted by Gasteiger charge is -2.27. The smallest absolute Gasteiger partial charge is 0.306 e. The number of hydrogen-bond acceptors (Lipinski definition) is 6. The molecule has 0 spiro atoms. The van der Waals surface area contributed by atoms with E-state index < -0.39 is 5.97 Å². The Morgan fingerprint density at radius 1 is 0.935 bits per heavy atom. The van der Waals surface area contributed by atoms with Gasteiger partial charge in [-0.25, -0.2) is 0 Å². The number of amides is 2. The van der Waals surface area contributed by atoms with E-state index in [9.17, 15) is 14.4 Å². The summed E-state index contributed by atoms with van der Waals surface area (Å²) in [6.07, 6.45) is -0.00723. The van der Waals surface area contributed by atoms with Gasteiger partial charge >= 0.3 is 5.97 Å². The summed E-state index contributed by atoms with van der Waals surface area (Å²) < 4.78 is 9.99. The van der Waals surface area contributed by atoms with Gasteiger partial charge in [0.15, 0.2) is 0 Å². The largest absolute Gasteiger partial charge is 0.466 e. The van der Waals surface area contributed by atoms with E-state index in [4.69, 9.17) is 9.47 Å². The number of carbonyl (C=O) groups is 3. The highest BCUT2D eigenvalue weighted by Gasteiger charge is 2.22. The fourth-order valence-electron chi connectivity index (χ4n) is 2.98. The number of esters is 1. The third-order valence-corrected chi connectivity index (χ3v) is 5.45. The summed E-state index contributed by atoms with van der Waals surface area (Å²) in [7, 11) is 1.54. The van der Waals surface area contributed by atoms with Crippen molar-refractivity contribution >= 4 is 29.1 Å². The average Bonchev–Trinajstić information content (AvgIpc) is 3.28. The lowest BCUT2D eigenvalue weighted by Crippen LogP contribution is -2.43. The Kier molecular flexibility index (Phi) is 10.7. The zero-order valence-corrected chi connectivity index (χ0v) is 18.9. The van der Waals surface area contributed by atoms with Gasteiger partial charge in [0.05, 0.1) is 32.7 Å². The maximum Gasteiger partial charge on any atom is 0.306 e. The molecule has 1 aromatic heterocycles. The number of carbonyl (C=O) groups excluding carboxylic acids is 3. The minimum absolute atomic E-state index is 0.000558. The number of methoxy groups -OCH3 is 1. The van der Waals surface area contributed by atoms with Crippen LogP contribution in [0.3, 0.4) is 0 Å². The highest BCUT2D eigenvalue weighted by atomic mass is 32.1. The molecule has 1 aromatic carbocycles. The SMILES string of the molecule is CCOC(=O)CCC(=O)N(CCOC)CC(=O)N(Cc1ccccc1)Cc1cccs1. The number of hydrogen-bond donors (Lipinski definition) is 0. The summed E-state index contributed by atoms with van der Waals surface area (Å²) in [5.41, 5.74) is 1.02. The summed E-state index contributed by atoms with van der Waals surface area (Å²) in [6, 6.07) is 13.7. The van der Waals surface area contributed by atoms with E-state index in [1.807, 2.05) is 47.8 Å². The fraction of sp³-hybridized carbons (Fsp3) is 0.435. The number of thiophene rings is 1. The number of benzene rings is 1. The van der Waals surface area contributed by atoms with E-state index in [-0.39, 0.29) is 44.4 Å². The molecular formula is C23H30N2O5S. The molecule has 8 heteroatoms. The predicted octanol–water partition coefficient (Wildman–Crippen LogP) is 3.10. The summed E-state index contributed by atoms with van der Waals surface area (Å²) >= 11 is 1.59. The van der Waals surface area contributed by atoms with Crippen LogP contribution < -0.4 is 0 Å². The van der Waals surface area contributed by atoms with E-state index in [0.717, 1.165) is 10.4 Å². The van der Waals surface area contributed by atoms with Gasteiger partial charge in [-0.15, -0.1) is 11.3 Å². The van der Waals surface area contributed by atoms with Crippen LogP contribution in [0.4, 0.5) is 0 Å². The second-order valence-corrected chi connectivity index (χ2v) is 7.96. The monoisotopic (exact) mass is 446 g/mol. The zero-order valence-electron chi connectivity index (χ0n) is 18.1. The van der Waals surface area contributed by atoms with E-state index in [1.54, 1.807) is 30.3 Å². The number of ether oxygens (including phenoxy) is 2. The van der Waals surface area contributed by atoms with Gasteiger partial charge in [0.1, 0.15) is 0 Å². The molecule has 2 aromatic rings. The molecule has 0 aliphatic carbocycles. The Balaban J connectivity index is 2.07. The first kappa shape index (κ1) is 24.6. The second kappa shape index (κ2) is 13.6. The second-order valence-electron chi connectivity index (χ2n) is 6.93. The van der Waals surface area contributed by atoms with Crippen molar-refractivity contribution in [1.82, 2.24) is 9.80 Å². The van der Waals surface area contributed by atoms with Gasteiger partial charge in [0, 0.05) is 31.5 Å². The molecule has 2 rings (SSSR count). The third kappa shape index (κ3) is 8.90. The summed E-state index contributed by atoms with van der Waals surface area (Å²) in [5, 5.41) is 1.98. The minimum atomic E-state index is -0.419. The van der Waals surface area contributed by atoms with Gasteiger partial charge in [-0.05, 0) is 23.9 Å². The third-order valence-electron chi connectivity index (χ3n) is 4.59. The first-order valence-electron chi connectivity index (χ1n) is 10.3. The van der Waals surface area contributed by atoms with E-state index in [2.05, 4.69) is 0 Å². The Morgan fingerprint density at radius 3 is 2.35 bits per heavy atom. The molecule has 168 valence electrons. The topological polar surface area (TPSA) is 76.1 Å². The van der Waals surface area contributed by atoms with E-state index in [0.29, 0.717) is 19.7 Å². The van der Waals surface area contributed by atoms with Crippen molar-refractivity contribution < 1.29 is 23.9 Å². The quantitative estimate of drug-likeness (QED) is 0.442. The van der Waals surface area contributed by atoms with Gasteiger partial charge in [-0.2, -0.15) is 0 Å². The molecule has 0 atom stereocenters. The molecule has 0 aliphatic rings. The molecule has 0 bridgehead atoms. The number of rotatable bonds is 13. The van der Waals surface area contributed by atoms with Crippen LogP contribution in [0.2, 0.25) is 0 Å². The molecule has 0 N–H and O–H groups in total. The molecule has 1 heterocycles. The van der Waals surface area contributed by atoms with E-state index >= 15 is 0 Å². The Labute approximate surface area is 187 Å².